The van der Waals surface area contributed by atoms with Crippen LogP contribution in [0.25, 0.3) is 101 Å². The van der Waals surface area contributed by atoms with Crippen LogP contribution in [0, 0.1) is 0 Å². The summed E-state index contributed by atoms with van der Waals surface area (Å²) in [6.45, 7) is 0. The van der Waals surface area contributed by atoms with Gasteiger partial charge in [0.1, 0.15) is 11.2 Å². The first-order chi connectivity index (χ1) is 30.7. The quantitative estimate of drug-likeness (QED) is 0.178. The summed E-state index contributed by atoms with van der Waals surface area (Å²) in [6.07, 6.45) is 0. The molecule has 288 valence electrons. The number of hydrogen-bond acceptors (Lipinski definition) is 4. The van der Waals surface area contributed by atoms with Gasteiger partial charge in [-0.2, -0.15) is 0 Å². The lowest BCUT2D eigenvalue weighted by atomic mass is 9.66. The number of fused-ring (bicyclic) bond motifs is 15. The summed E-state index contributed by atoms with van der Waals surface area (Å²) >= 11 is 0. The predicted octanol–water partition coefficient (Wildman–Crippen LogP) is 14.4. The summed E-state index contributed by atoms with van der Waals surface area (Å²) in [5, 5.41) is 2.14. The van der Waals surface area contributed by atoms with Gasteiger partial charge < -0.3 is 4.42 Å². The van der Waals surface area contributed by atoms with E-state index in [1.165, 1.54) is 55.6 Å². The maximum atomic E-state index is 6.37. The smallest absolute Gasteiger partial charge is 0.164 e. The third-order valence-electron chi connectivity index (χ3n) is 13.0. The molecular weight excluding hydrogens is 755 g/mol. The first-order valence-electron chi connectivity index (χ1n) is 21.1. The molecule has 2 aromatic heterocycles. The second-order valence-corrected chi connectivity index (χ2v) is 16.3. The molecule has 0 N–H and O–H groups in total. The zero-order valence-electron chi connectivity index (χ0n) is 33.5. The molecule has 0 atom stereocenters. The van der Waals surface area contributed by atoms with Crippen LogP contribution in [0.5, 0.6) is 0 Å². The molecule has 0 aliphatic heterocycles. The van der Waals surface area contributed by atoms with Crippen molar-refractivity contribution in [2.75, 3.05) is 0 Å². The molecule has 2 aliphatic carbocycles. The Hall–Kier alpha value is -8.21. The van der Waals surface area contributed by atoms with Crippen LogP contribution in [-0.2, 0) is 5.41 Å². The summed E-state index contributed by atoms with van der Waals surface area (Å²) in [7, 11) is 0. The van der Waals surface area contributed by atoms with Gasteiger partial charge in [0.15, 0.2) is 17.5 Å². The number of hydrogen-bond donors (Lipinski definition) is 0. The molecule has 0 radical (unpaired) electrons. The van der Waals surface area contributed by atoms with Crippen molar-refractivity contribution in [3.63, 3.8) is 0 Å². The van der Waals surface area contributed by atoms with Gasteiger partial charge in [0.2, 0.25) is 0 Å². The third-order valence-corrected chi connectivity index (χ3v) is 13.0. The molecule has 2 aliphatic rings. The first-order valence-corrected chi connectivity index (χ1v) is 21.1. The van der Waals surface area contributed by atoms with Crippen molar-refractivity contribution in [1.82, 2.24) is 15.0 Å². The lowest BCUT2D eigenvalue weighted by molar-refractivity contribution is 0.669. The molecule has 9 aromatic carbocycles. The van der Waals surface area contributed by atoms with Crippen LogP contribution in [-0.4, -0.2) is 15.0 Å². The SMILES string of the molecule is c1ccc(-c2cccc(-c3nc(-c4ccc5c(c4)C4(c6ccccc6-c6ccccc6-c6ccccc64)c4ccccc4-5)nc(-c4ccc5c(c4)oc4ccccc45)n3)c2)cc1. The minimum absolute atomic E-state index is 0.580. The number of furan rings is 1. The van der Waals surface area contributed by atoms with E-state index in [1.54, 1.807) is 0 Å². The van der Waals surface area contributed by atoms with Gasteiger partial charge in [0.25, 0.3) is 0 Å². The van der Waals surface area contributed by atoms with Gasteiger partial charge in [-0.25, -0.2) is 15.0 Å². The van der Waals surface area contributed by atoms with Crippen molar-refractivity contribution in [3.8, 4) is 78.7 Å². The minimum Gasteiger partial charge on any atom is -0.456 e. The predicted molar refractivity (Wildman–Crippen MR) is 251 cm³/mol. The molecule has 2 heterocycles. The Morgan fingerprint density at radius 2 is 0.726 bits per heavy atom. The second kappa shape index (κ2) is 13.4. The second-order valence-electron chi connectivity index (χ2n) is 16.3. The Bertz CT molecular complexity index is 3540. The monoisotopic (exact) mass is 789 g/mol. The van der Waals surface area contributed by atoms with Crippen molar-refractivity contribution < 1.29 is 4.42 Å². The highest BCUT2D eigenvalue weighted by Crippen LogP contribution is 2.61. The van der Waals surface area contributed by atoms with E-state index in [0.29, 0.717) is 17.5 Å². The number of para-hydroxylation sites is 1. The van der Waals surface area contributed by atoms with Gasteiger partial charge in [-0.3, -0.25) is 0 Å². The highest BCUT2D eigenvalue weighted by atomic mass is 16.3. The Kier molecular flexibility index (Phi) is 7.49. The average Bonchev–Trinajstić information content (AvgIpc) is 3.84. The number of rotatable bonds is 4. The van der Waals surface area contributed by atoms with Crippen LogP contribution >= 0.6 is 0 Å². The summed E-state index contributed by atoms with van der Waals surface area (Å²) in [4.78, 5) is 15.9. The largest absolute Gasteiger partial charge is 0.456 e. The van der Waals surface area contributed by atoms with E-state index in [1.807, 2.05) is 24.3 Å². The topological polar surface area (TPSA) is 51.8 Å². The van der Waals surface area contributed by atoms with Crippen molar-refractivity contribution in [2.45, 2.75) is 5.41 Å². The Balaban J connectivity index is 1.07. The van der Waals surface area contributed by atoms with E-state index >= 15 is 0 Å². The maximum absolute atomic E-state index is 6.37. The molecule has 11 aromatic rings. The van der Waals surface area contributed by atoms with Gasteiger partial charge in [-0.05, 0) is 97.1 Å². The molecule has 0 fully saturated rings. The van der Waals surface area contributed by atoms with E-state index in [2.05, 4.69) is 188 Å². The van der Waals surface area contributed by atoms with Gasteiger partial charge in [0, 0.05) is 27.5 Å². The normalized spacial score (nSPS) is 13.0. The average molecular weight is 790 g/mol. The molecule has 1 spiro atoms. The molecule has 4 nitrogen and oxygen atoms in total. The molecule has 13 rings (SSSR count). The van der Waals surface area contributed by atoms with Crippen molar-refractivity contribution in [1.29, 1.82) is 0 Å². The number of benzene rings is 9. The van der Waals surface area contributed by atoms with E-state index in [0.717, 1.165) is 49.8 Å². The van der Waals surface area contributed by atoms with Crippen molar-refractivity contribution in [3.05, 3.63) is 235 Å². The minimum atomic E-state index is -0.622. The summed E-state index contributed by atoms with van der Waals surface area (Å²) < 4.78 is 6.37. The molecule has 0 amide bonds. The van der Waals surface area contributed by atoms with E-state index < -0.39 is 5.41 Å². The van der Waals surface area contributed by atoms with Gasteiger partial charge in [0.05, 0.1) is 5.41 Å². The molecule has 0 bridgehead atoms. The third kappa shape index (κ3) is 5.04. The fraction of sp³-hybridized carbons (Fsp3) is 0.0172. The lowest BCUT2D eigenvalue weighted by Crippen LogP contribution is -2.29. The highest BCUT2D eigenvalue weighted by Gasteiger charge is 2.49. The lowest BCUT2D eigenvalue weighted by Gasteiger charge is -2.35. The summed E-state index contributed by atoms with van der Waals surface area (Å²) in [5.74, 6) is 1.79. The fourth-order valence-electron chi connectivity index (χ4n) is 10.3. The van der Waals surface area contributed by atoms with Crippen LogP contribution in [0.1, 0.15) is 22.3 Å². The number of nitrogens with zero attached hydrogens (tertiary/aromatic N) is 3. The van der Waals surface area contributed by atoms with Gasteiger partial charge >= 0.3 is 0 Å². The Morgan fingerprint density at radius 3 is 1.39 bits per heavy atom. The van der Waals surface area contributed by atoms with Gasteiger partial charge in [-0.1, -0.05) is 182 Å². The summed E-state index contributed by atoms with van der Waals surface area (Å²) in [6, 6.07) is 75.9. The van der Waals surface area contributed by atoms with Crippen LogP contribution in [0.2, 0.25) is 0 Å². The zero-order valence-corrected chi connectivity index (χ0v) is 33.5. The molecule has 0 unspecified atom stereocenters. The maximum Gasteiger partial charge on any atom is 0.164 e. The van der Waals surface area contributed by atoms with Crippen molar-refractivity contribution in [2.24, 2.45) is 0 Å². The first kappa shape index (κ1) is 34.6. The summed E-state index contributed by atoms with van der Waals surface area (Å²) in [5.41, 5.74) is 18.3. The van der Waals surface area contributed by atoms with Crippen LogP contribution in [0.15, 0.2) is 217 Å². The highest BCUT2D eigenvalue weighted by molar-refractivity contribution is 6.06. The van der Waals surface area contributed by atoms with E-state index in [9.17, 15) is 0 Å². The van der Waals surface area contributed by atoms with E-state index in [-0.39, 0.29) is 0 Å². The molecule has 0 saturated heterocycles. The molecule has 62 heavy (non-hydrogen) atoms. The van der Waals surface area contributed by atoms with Crippen LogP contribution in [0.4, 0.5) is 0 Å². The van der Waals surface area contributed by atoms with Crippen molar-refractivity contribution >= 4 is 21.9 Å². The van der Waals surface area contributed by atoms with Crippen LogP contribution in [0.3, 0.4) is 0 Å². The Labute approximate surface area is 358 Å². The molecule has 4 heteroatoms. The zero-order chi connectivity index (χ0) is 40.8. The fourth-order valence-corrected chi connectivity index (χ4v) is 10.3. The Morgan fingerprint density at radius 1 is 0.274 bits per heavy atom. The van der Waals surface area contributed by atoms with Crippen LogP contribution < -0.4 is 0 Å². The standard InChI is InChI=1S/C58H35N3O/c1-2-15-36(16-3-1)37-17-14-18-38(33-37)55-59-56(61-57(60-55)40-30-32-48-47-24-9-13-28-53(47)62-54(48)35-40)39-29-31-46-45-23-8-12-27-51(45)58(52(46)34-39)49-25-10-6-21-43(49)41-19-4-5-20-42(41)44-22-7-11-26-50(44)58/h1-35H. The van der Waals surface area contributed by atoms with E-state index in [4.69, 9.17) is 19.4 Å². The number of aromatic nitrogens is 3. The molecular formula is C58H35N3O. The van der Waals surface area contributed by atoms with Gasteiger partial charge in [-0.15, -0.1) is 0 Å². The molecule has 0 saturated carbocycles.